The lowest BCUT2D eigenvalue weighted by Crippen LogP contribution is -1.99. The van der Waals surface area contributed by atoms with E-state index in [2.05, 4.69) is 47.8 Å². The van der Waals surface area contributed by atoms with Crippen molar-refractivity contribution in [2.24, 2.45) is 5.41 Å². The van der Waals surface area contributed by atoms with Crippen molar-refractivity contribution < 1.29 is 0 Å². The molecule has 0 fully saturated rings. The molecule has 0 heterocycles. The zero-order valence-corrected chi connectivity index (χ0v) is 6.61. The third kappa shape index (κ3) is 4.73. The summed E-state index contributed by atoms with van der Waals surface area (Å²) in [6.07, 6.45) is 0. The molecular formula is C5H10I. The van der Waals surface area contributed by atoms with E-state index in [1.165, 1.54) is 0 Å². The quantitative estimate of drug-likeness (QED) is 0.523. The fourth-order valence-corrected chi connectivity index (χ4v) is 0. The second kappa shape index (κ2) is 2.15. The van der Waals surface area contributed by atoms with Crippen LogP contribution in [0.3, 0.4) is 0 Å². The van der Waals surface area contributed by atoms with Gasteiger partial charge in [0.05, 0.1) is 0 Å². The van der Waals surface area contributed by atoms with Crippen LogP contribution in [0.25, 0.3) is 0 Å². The number of hydrogen-bond donors (Lipinski definition) is 0. The van der Waals surface area contributed by atoms with Crippen LogP contribution in [0.1, 0.15) is 20.8 Å². The predicted octanol–water partition coefficient (Wildman–Crippen LogP) is 2.63. The summed E-state index contributed by atoms with van der Waals surface area (Å²) in [5.74, 6) is 0. The van der Waals surface area contributed by atoms with Gasteiger partial charge in [-0.05, 0) is 5.41 Å². The highest BCUT2D eigenvalue weighted by molar-refractivity contribution is 14.1. The first-order valence-corrected chi connectivity index (χ1v) is 3.25. The second-order valence-corrected chi connectivity index (χ2v) is 3.10. The Morgan fingerprint density at radius 1 is 1.33 bits per heavy atom. The highest BCUT2D eigenvalue weighted by Gasteiger charge is 2.05. The average Bonchev–Trinajstić information content (AvgIpc) is 1.35. The fourth-order valence-electron chi connectivity index (χ4n) is 0. The number of rotatable bonds is 0. The van der Waals surface area contributed by atoms with Gasteiger partial charge in [0, 0.05) is 4.43 Å². The minimum atomic E-state index is 0.403. The van der Waals surface area contributed by atoms with Crippen LogP contribution >= 0.6 is 22.6 Å². The molecule has 0 saturated heterocycles. The fraction of sp³-hybridized carbons (Fsp3) is 0.800. The molecule has 37 valence electrons. The Morgan fingerprint density at radius 2 is 1.50 bits per heavy atom. The maximum Gasteiger partial charge on any atom is 0.0281 e. The van der Waals surface area contributed by atoms with Gasteiger partial charge in [0.1, 0.15) is 0 Å². The zero-order valence-electron chi connectivity index (χ0n) is 4.46. The lowest BCUT2D eigenvalue weighted by atomic mass is 10.0. The van der Waals surface area contributed by atoms with Crippen molar-refractivity contribution in [3.63, 3.8) is 0 Å². The minimum Gasteiger partial charge on any atom is -0.0809 e. The molecule has 0 bridgehead atoms. The van der Waals surface area contributed by atoms with Gasteiger partial charge in [0.15, 0.2) is 0 Å². The molecule has 0 amide bonds. The van der Waals surface area contributed by atoms with Gasteiger partial charge in [-0.2, -0.15) is 0 Å². The van der Waals surface area contributed by atoms with Crippen molar-refractivity contribution in [1.29, 1.82) is 0 Å². The van der Waals surface area contributed by atoms with Crippen LogP contribution in [-0.4, -0.2) is 0 Å². The van der Waals surface area contributed by atoms with Gasteiger partial charge >= 0.3 is 0 Å². The summed E-state index contributed by atoms with van der Waals surface area (Å²) in [5.41, 5.74) is 0.403. The number of hydrogen-bond acceptors (Lipinski definition) is 0. The van der Waals surface area contributed by atoms with E-state index in [9.17, 15) is 0 Å². The second-order valence-electron chi connectivity index (χ2n) is 2.48. The van der Waals surface area contributed by atoms with E-state index >= 15 is 0 Å². The van der Waals surface area contributed by atoms with Crippen LogP contribution in [0.4, 0.5) is 0 Å². The molecule has 1 heteroatoms. The molecule has 0 saturated carbocycles. The van der Waals surface area contributed by atoms with Crippen LogP contribution in [0.5, 0.6) is 0 Å². The summed E-state index contributed by atoms with van der Waals surface area (Å²) in [7, 11) is 0. The molecule has 0 atom stereocenters. The molecule has 0 aliphatic carbocycles. The van der Waals surface area contributed by atoms with Crippen molar-refractivity contribution in [3.8, 4) is 0 Å². The molecule has 0 aromatic rings. The molecule has 0 aliphatic heterocycles. The topological polar surface area (TPSA) is 0 Å². The molecule has 0 aromatic heterocycles. The first-order valence-electron chi connectivity index (χ1n) is 2.01. The van der Waals surface area contributed by atoms with Gasteiger partial charge in [0.25, 0.3) is 0 Å². The van der Waals surface area contributed by atoms with E-state index in [0.717, 1.165) is 0 Å². The van der Waals surface area contributed by atoms with Crippen molar-refractivity contribution >= 4 is 22.6 Å². The highest BCUT2D eigenvalue weighted by atomic mass is 127. The maximum atomic E-state index is 2.27. The van der Waals surface area contributed by atoms with E-state index in [4.69, 9.17) is 0 Å². The Balaban J connectivity index is 3.17. The van der Waals surface area contributed by atoms with E-state index < -0.39 is 0 Å². The molecule has 1 radical (unpaired) electrons. The Labute approximate surface area is 53.5 Å². The lowest BCUT2D eigenvalue weighted by molar-refractivity contribution is 0.533. The van der Waals surface area contributed by atoms with Gasteiger partial charge in [-0.1, -0.05) is 43.4 Å². The first kappa shape index (κ1) is 6.73. The maximum absolute atomic E-state index is 2.27. The third-order valence-electron chi connectivity index (χ3n) is 0.327. The Kier molecular flexibility index (Phi) is 2.41. The Morgan fingerprint density at radius 3 is 1.50 bits per heavy atom. The van der Waals surface area contributed by atoms with Gasteiger partial charge in [-0.25, -0.2) is 0 Å². The minimum absolute atomic E-state index is 0.403. The summed E-state index contributed by atoms with van der Waals surface area (Å²) < 4.78 is 2.16. The SMILES string of the molecule is CC(C)(C)[CH]I. The highest BCUT2D eigenvalue weighted by Crippen LogP contribution is 2.20. The molecule has 6 heavy (non-hydrogen) atoms. The molecule has 0 nitrogen and oxygen atoms in total. The normalized spacial score (nSPS) is 12.0. The van der Waals surface area contributed by atoms with Crippen molar-refractivity contribution in [1.82, 2.24) is 0 Å². The Bertz CT molecular complexity index is 33.7. The molecule has 0 rings (SSSR count). The van der Waals surface area contributed by atoms with Crippen LogP contribution in [0.15, 0.2) is 0 Å². The average molecular weight is 197 g/mol. The predicted molar refractivity (Wildman–Crippen MR) is 37.8 cm³/mol. The lowest BCUT2D eigenvalue weighted by Gasteiger charge is -2.10. The summed E-state index contributed by atoms with van der Waals surface area (Å²) in [6, 6.07) is 0. The third-order valence-corrected chi connectivity index (χ3v) is 2.20. The molecule has 0 N–H and O–H groups in total. The molecule has 0 aromatic carbocycles. The van der Waals surface area contributed by atoms with Gasteiger partial charge in [-0.15, -0.1) is 0 Å². The van der Waals surface area contributed by atoms with Crippen molar-refractivity contribution in [3.05, 3.63) is 4.43 Å². The molecule has 0 aliphatic rings. The summed E-state index contributed by atoms with van der Waals surface area (Å²) in [6.45, 7) is 6.54. The van der Waals surface area contributed by atoms with Crippen molar-refractivity contribution in [2.75, 3.05) is 0 Å². The van der Waals surface area contributed by atoms with Crippen molar-refractivity contribution in [2.45, 2.75) is 20.8 Å². The van der Waals surface area contributed by atoms with E-state index in [-0.39, 0.29) is 0 Å². The standard InChI is InChI=1S/C5H10I/c1-5(2,3)4-6/h4H,1-3H3. The zero-order chi connectivity index (χ0) is 5.21. The van der Waals surface area contributed by atoms with Crippen LogP contribution in [-0.2, 0) is 0 Å². The molecular weight excluding hydrogens is 187 g/mol. The van der Waals surface area contributed by atoms with E-state index in [0.29, 0.717) is 5.41 Å². The molecule has 0 unspecified atom stereocenters. The van der Waals surface area contributed by atoms with E-state index in [1.807, 2.05) is 0 Å². The Hall–Kier alpha value is 0.730. The van der Waals surface area contributed by atoms with Crippen LogP contribution in [0.2, 0.25) is 0 Å². The first-order chi connectivity index (χ1) is 2.56. The van der Waals surface area contributed by atoms with E-state index in [1.54, 1.807) is 0 Å². The van der Waals surface area contributed by atoms with Crippen LogP contribution < -0.4 is 0 Å². The van der Waals surface area contributed by atoms with Gasteiger partial charge in [-0.3, -0.25) is 0 Å². The largest absolute Gasteiger partial charge is 0.0809 e. The van der Waals surface area contributed by atoms with Gasteiger partial charge in [0.2, 0.25) is 0 Å². The monoisotopic (exact) mass is 197 g/mol. The smallest absolute Gasteiger partial charge is 0.0281 e. The summed E-state index contributed by atoms with van der Waals surface area (Å²) in [5, 5.41) is 0. The molecule has 0 spiro atoms. The van der Waals surface area contributed by atoms with Gasteiger partial charge < -0.3 is 0 Å². The van der Waals surface area contributed by atoms with Crippen LogP contribution in [0, 0.1) is 9.84 Å². The summed E-state index contributed by atoms with van der Waals surface area (Å²) in [4.78, 5) is 0. The summed E-state index contributed by atoms with van der Waals surface area (Å²) >= 11 is 2.27. The number of halogens is 1.